The summed E-state index contributed by atoms with van der Waals surface area (Å²) in [5.74, 6) is -0.299. The van der Waals surface area contributed by atoms with E-state index in [9.17, 15) is 4.39 Å². The lowest BCUT2D eigenvalue weighted by atomic mass is 10.1. The third kappa shape index (κ3) is 3.18. The van der Waals surface area contributed by atoms with Gasteiger partial charge in [0.15, 0.2) is 0 Å². The van der Waals surface area contributed by atoms with E-state index in [1.54, 1.807) is 18.0 Å². The van der Waals surface area contributed by atoms with Gasteiger partial charge in [0.05, 0.1) is 18.2 Å². The van der Waals surface area contributed by atoms with Crippen LogP contribution in [0.5, 0.6) is 0 Å². The monoisotopic (exact) mass is 235 g/mol. The molecule has 0 fully saturated rings. The first-order valence-electron chi connectivity index (χ1n) is 5.62. The average Bonchev–Trinajstić information content (AvgIpc) is 2.28. The van der Waals surface area contributed by atoms with Gasteiger partial charge in [-0.25, -0.2) is 4.39 Å². The third-order valence-corrected chi connectivity index (χ3v) is 2.93. The maximum absolute atomic E-state index is 13.9. The van der Waals surface area contributed by atoms with E-state index in [2.05, 4.69) is 6.07 Å². The van der Waals surface area contributed by atoms with E-state index in [4.69, 9.17) is 11.0 Å². The maximum Gasteiger partial charge on any atom is 0.146 e. The Labute approximate surface area is 102 Å². The van der Waals surface area contributed by atoms with Crippen molar-refractivity contribution in [3.8, 4) is 6.07 Å². The van der Waals surface area contributed by atoms with E-state index in [1.165, 1.54) is 6.07 Å². The molecule has 0 saturated carbocycles. The summed E-state index contributed by atoms with van der Waals surface area (Å²) >= 11 is 0. The van der Waals surface area contributed by atoms with Gasteiger partial charge < -0.3 is 10.6 Å². The Hall–Kier alpha value is -1.60. The van der Waals surface area contributed by atoms with Crippen LogP contribution < -0.4 is 10.6 Å². The highest BCUT2D eigenvalue weighted by atomic mass is 19.1. The largest absolute Gasteiger partial charge is 0.368 e. The minimum absolute atomic E-state index is 0.0179. The van der Waals surface area contributed by atoms with Gasteiger partial charge in [-0.2, -0.15) is 5.26 Å². The zero-order valence-electron chi connectivity index (χ0n) is 10.4. The molecule has 1 aromatic carbocycles. The van der Waals surface area contributed by atoms with Crippen LogP contribution in [0.4, 0.5) is 10.1 Å². The number of nitrogens with two attached hydrogens (primary N) is 1. The summed E-state index contributed by atoms with van der Waals surface area (Å²) in [5.41, 5.74) is 6.96. The summed E-state index contributed by atoms with van der Waals surface area (Å²) in [7, 11) is 1.78. The second-order valence-corrected chi connectivity index (χ2v) is 4.32. The van der Waals surface area contributed by atoms with Crippen LogP contribution in [0, 0.1) is 17.1 Å². The van der Waals surface area contributed by atoms with Crippen LogP contribution in [0.15, 0.2) is 18.2 Å². The lowest BCUT2D eigenvalue weighted by Crippen LogP contribution is -2.29. The fourth-order valence-corrected chi connectivity index (χ4v) is 1.60. The molecule has 0 bridgehead atoms. The highest BCUT2D eigenvalue weighted by molar-refractivity contribution is 5.49. The van der Waals surface area contributed by atoms with Gasteiger partial charge in [0.2, 0.25) is 0 Å². The Bertz CT molecular complexity index is 423. The SMILES string of the molecule is CC(CC#N)N(C)c1ccc([C@H](C)N)cc1F. The summed E-state index contributed by atoms with van der Waals surface area (Å²) in [5, 5.41) is 8.63. The first kappa shape index (κ1) is 13.5. The molecule has 1 aromatic rings. The van der Waals surface area contributed by atoms with Gasteiger partial charge in [-0.15, -0.1) is 0 Å². The molecular formula is C13H18FN3. The minimum atomic E-state index is -0.299. The second kappa shape index (κ2) is 5.65. The van der Waals surface area contributed by atoms with Gasteiger partial charge in [0, 0.05) is 19.1 Å². The molecule has 0 heterocycles. The van der Waals surface area contributed by atoms with E-state index in [-0.39, 0.29) is 17.9 Å². The maximum atomic E-state index is 13.9. The van der Waals surface area contributed by atoms with Crippen molar-refractivity contribution in [3.05, 3.63) is 29.6 Å². The van der Waals surface area contributed by atoms with E-state index in [1.807, 2.05) is 19.9 Å². The molecule has 0 aliphatic heterocycles. The van der Waals surface area contributed by atoms with Crippen LogP contribution in [0.3, 0.4) is 0 Å². The first-order valence-corrected chi connectivity index (χ1v) is 5.62. The Morgan fingerprint density at radius 1 is 1.47 bits per heavy atom. The molecule has 92 valence electrons. The topological polar surface area (TPSA) is 53.0 Å². The molecule has 0 radical (unpaired) electrons. The number of halogens is 1. The smallest absolute Gasteiger partial charge is 0.146 e. The molecule has 17 heavy (non-hydrogen) atoms. The molecule has 1 unspecified atom stereocenters. The van der Waals surface area contributed by atoms with Crippen LogP contribution in [0.1, 0.15) is 31.9 Å². The second-order valence-electron chi connectivity index (χ2n) is 4.32. The van der Waals surface area contributed by atoms with E-state index in [0.717, 1.165) is 5.56 Å². The number of rotatable bonds is 4. The van der Waals surface area contributed by atoms with Crippen LogP contribution in [0.25, 0.3) is 0 Å². The molecule has 0 saturated heterocycles. The predicted octanol–water partition coefficient (Wildman–Crippen LogP) is 2.58. The van der Waals surface area contributed by atoms with Crippen molar-refractivity contribution in [1.82, 2.24) is 0 Å². The van der Waals surface area contributed by atoms with Crippen molar-refractivity contribution in [2.75, 3.05) is 11.9 Å². The highest BCUT2D eigenvalue weighted by Gasteiger charge is 2.14. The Morgan fingerprint density at radius 2 is 2.12 bits per heavy atom. The van der Waals surface area contributed by atoms with Crippen molar-refractivity contribution in [2.24, 2.45) is 5.73 Å². The van der Waals surface area contributed by atoms with Gasteiger partial charge in [0.25, 0.3) is 0 Å². The number of benzene rings is 1. The first-order chi connectivity index (χ1) is 7.97. The molecule has 2 N–H and O–H groups in total. The van der Waals surface area contributed by atoms with Crippen molar-refractivity contribution in [3.63, 3.8) is 0 Å². The zero-order chi connectivity index (χ0) is 13.0. The minimum Gasteiger partial charge on any atom is -0.368 e. The number of nitriles is 1. The van der Waals surface area contributed by atoms with E-state index < -0.39 is 0 Å². The summed E-state index contributed by atoms with van der Waals surface area (Å²) in [6.07, 6.45) is 0.366. The van der Waals surface area contributed by atoms with Crippen molar-refractivity contribution < 1.29 is 4.39 Å². The van der Waals surface area contributed by atoms with Crippen LogP contribution >= 0.6 is 0 Å². The normalized spacial score (nSPS) is 13.9. The quantitative estimate of drug-likeness (QED) is 0.872. The van der Waals surface area contributed by atoms with Crippen molar-refractivity contribution in [2.45, 2.75) is 32.4 Å². The highest BCUT2D eigenvalue weighted by Crippen LogP contribution is 2.23. The summed E-state index contributed by atoms with van der Waals surface area (Å²) < 4.78 is 13.9. The molecule has 0 aliphatic rings. The van der Waals surface area contributed by atoms with E-state index in [0.29, 0.717) is 12.1 Å². The Balaban J connectivity index is 2.96. The average molecular weight is 235 g/mol. The number of anilines is 1. The number of nitrogens with zero attached hydrogens (tertiary/aromatic N) is 2. The van der Waals surface area contributed by atoms with Crippen LogP contribution in [-0.4, -0.2) is 13.1 Å². The molecule has 0 amide bonds. The Kier molecular flexibility index (Phi) is 4.47. The van der Waals surface area contributed by atoms with Gasteiger partial charge >= 0.3 is 0 Å². The molecule has 1 rings (SSSR count). The van der Waals surface area contributed by atoms with Crippen molar-refractivity contribution >= 4 is 5.69 Å². The van der Waals surface area contributed by atoms with Gasteiger partial charge in [-0.05, 0) is 31.5 Å². The van der Waals surface area contributed by atoms with Crippen LogP contribution in [0.2, 0.25) is 0 Å². The number of hydrogen-bond donors (Lipinski definition) is 1. The fraction of sp³-hybridized carbons (Fsp3) is 0.462. The summed E-state index contributed by atoms with van der Waals surface area (Å²) in [6.45, 7) is 3.71. The number of hydrogen-bond acceptors (Lipinski definition) is 3. The molecule has 3 nitrogen and oxygen atoms in total. The van der Waals surface area contributed by atoms with Crippen molar-refractivity contribution in [1.29, 1.82) is 5.26 Å². The van der Waals surface area contributed by atoms with Gasteiger partial charge in [-0.3, -0.25) is 0 Å². The summed E-state index contributed by atoms with van der Waals surface area (Å²) in [6, 6.07) is 6.87. The Morgan fingerprint density at radius 3 is 2.59 bits per heavy atom. The van der Waals surface area contributed by atoms with Gasteiger partial charge in [0.1, 0.15) is 5.82 Å². The standard InChI is InChI=1S/C13H18FN3/c1-9(6-7-15)17(3)13-5-4-11(10(2)16)8-12(13)14/h4-5,8-10H,6,16H2,1-3H3/t9?,10-/m0/s1. The van der Waals surface area contributed by atoms with E-state index >= 15 is 0 Å². The van der Waals surface area contributed by atoms with Crippen LogP contribution in [-0.2, 0) is 0 Å². The molecule has 0 aromatic heterocycles. The fourth-order valence-electron chi connectivity index (χ4n) is 1.60. The zero-order valence-corrected chi connectivity index (χ0v) is 10.4. The lowest BCUT2D eigenvalue weighted by Gasteiger charge is -2.26. The molecule has 2 atom stereocenters. The predicted molar refractivity (Wildman–Crippen MR) is 67.1 cm³/mol. The summed E-state index contributed by atoms with van der Waals surface area (Å²) in [4.78, 5) is 1.77. The molecular weight excluding hydrogens is 217 g/mol. The lowest BCUT2D eigenvalue weighted by molar-refractivity contribution is 0.603. The third-order valence-electron chi connectivity index (χ3n) is 2.93. The molecule has 0 spiro atoms. The van der Waals surface area contributed by atoms with Gasteiger partial charge in [-0.1, -0.05) is 6.07 Å². The molecule has 0 aliphatic carbocycles. The molecule has 4 heteroatoms.